The number of amides is 8. The van der Waals surface area contributed by atoms with Crippen LogP contribution in [0.3, 0.4) is 0 Å². The first-order chi connectivity index (χ1) is 58.4. The number of hydrogen-bond acceptors (Lipinski definition) is 16. The molecule has 0 saturated heterocycles. The van der Waals surface area contributed by atoms with E-state index < -0.39 is 77.3 Å². The van der Waals surface area contributed by atoms with Crippen molar-refractivity contribution in [3.05, 3.63) is 212 Å². The quantitative estimate of drug-likeness (QED) is 0.0104. The summed E-state index contributed by atoms with van der Waals surface area (Å²) in [5.41, 5.74) is 16.0. The van der Waals surface area contributed by atoms with Crippen LogP contribution in [0, 0.1) is 31.1 Å². The van der Waals surface area contributed by atoms with Crippen molar-refractivity contribution >= 4 is 82.3 Å². The number of alkyl halides is 3. The Hall–Kier alpha value is -11.9. The Morgan fingerprint density at radius 2 is 1.34 bits per heavy atom. The molecule has 654 valence electrons. The van der Waals surface area contributed by atoms with E-state index in [0.717, 1.165) is 51.1 Å². The molecule has 27 nitrogen and oxygen atoms in total. The van der Waals surface area contributed by atoms with E-state index in [-0.39, 0.29) is 132 Å². The number of nitrogens with zero attached hydrogens (tertiary/aromatic N) is 7. The molecular formula is C92H109ClF3N12O15+. The predicted molar refractivity (Wildman–Crippen MR) is 458 cm³/mol. The number of fused-ring (bicyclic) bond motifs is 4. The van der Waals surface area contributed by atoms with Gasteiger partial charge in [-0.25, -0.2) is 14.4 Å². The minimum Gasteiger partial charge on any atom is -0.460 e. The van der Waals surface area contributed by atoms with E-state index in [1.165, 1.54) is 28.0 Å². The number of nitriles is 1. The Morgan fingerprint density at radius 3 is 1.97 bits per heavy atom. The number of carbonyl (C=O) groups excluding carboxylic acids is 9. The molecule has 0 saturated carbocycles. The van der Waals surface area contributed by atoms with Crippen molar-refractivity contribution < 1.29 is 89.2 Å². The van der Waals surface area contributed by atoms with Gasteiger partial charge in [0.1, 0.15) is 48.3 Å². The van der Waals surface area contributed by atoms with Gasteiger partial charge in [0.15, 0.2) is 0 Å². The zero-order chi connectivity index (χ0) is 89.2. The molecular weight excluding hydrogens is 1610 g/mol. The van der Waals surface area contributed by atoms with Gasteiger partial charge in [-0.15, -0.1) is 0 Å². The third kappa shape index (κ3) is 24.7. The zero-order valence-corrected chi connectivity index (χ0v) is 72.3. The van der Waals surface area contributed by atoms with Crippen LogP contribution in [0.1, 0.15) is 150 Å². The summed E-state index contributed by atoms with van der Waals surface area (Å²) in [5.74, 6) is -6.43. The predicted octanol–water partition coefficient (Wildman–Crippen LogP) is 13.8. The molecule has 0 unspecified atom stereocenters. The Balaban J connectivity index is 0.856. The summed E-state index contributed by atoms with van der Waals surface area (Å²) in [6.45, 7) is 14.9. The van der Waals surface area contributed by atoms with E-state index in [1.807, 2.05) is 65.6 Å². The molecule has 8 amide bonds. The van der Waals surface area contributed by atoms with Crippen LogP contribution in [0.25, 0.3) is 22.4 Å². The number of esters is 2. The van der Waals surface area contributed by atoms with Gasteiger partial charge in [0.25, 0.3) is 11.8 Å². The first kappa shape index (κ1) is 93.4. The fourth-order valence-corrected chi connectivity index (χ4v) is 15.5. The molecule has 3 heterocycles. The van der Waals surface area contributed by atoms with Crippen molar-refractivity contribution in [3.63, 3.8) is 0 Å². The van der Waals surface area contributed by atoms with Crippen LogP contribution in [-0.4, -0.2) is 187 Å². The van der Waals surface area contributed by atoms with Gasteiger partial charge in [0.2, 0.25) is 17.7 Å². The summed E-state index contributed by atoms with van der Waals surface area (Å²) >= 11 is 6.85. The lowest BCUT2D eigenvalue weighted by molar-refractivity contribution is -0.903. The van der Waals surface area contributed by atoms with Crippen LogP contribution in [-0.2, 0) is 87.8 Å². The molecule has 1 aliphatic carbocycles. The number of nitrogens with one attached hydrogen (secondary N) is 4. The largest absolute Gasteiger partial charge is 0.491 e. The number of halogens is 4. The molecule has 3 atom stereocenters. The van der Waals surface area contributed by atoms with Crippen molar-refractivity contribution in [2.24, 2.45) is 25.7 Å². The number of quaternary nitrogens is 1. The molecule has 6 aromatic carbocycles. The Bertz CT molecular complexity index is 5160. The molecule has 2 aromatic heterocycles. The second kappa shape index (κ2) is 41.8. The number of rotatable bonds is 38. The average molecular weight is 1720 g/mol. The van der Waals surface area contributed by atoms with Crippen LogP contribution in [0.2, 0.25) is 5.02 Å². The molecule has 6 N–H and O–H groups in total. The Morgan fingerprint density at radius 1 is 0.707 bits per heavy atom. The molecule has 10 rings (SSSR count). The minimum absolute atomic E-state index is 0.0248. The van der Waals surface area contributed by atoms with Gasteiger partial charge in [-0.05, 0) is 178 Å². The monoisotopic (exact) mass is 1710 g/mol. The maximum Gasteiger partial charge on any atom is 0.491 e. The van der Waals surface area contributed by atoms with Crippen molar-refractivity contribution in [2.45, 2.75) is 149 Å². The molecule has 2 aliphatic rings. The number of urea groups is 1. The molecule has 0 bridgehead atoms. The van der Waals surface area contributed by atoms with E-state index in [2.05, 4.69) is 64.4 Å². The summed E-state index contributed by atoms with van der Waals surface area (Å²) in [6.07, 6.45) is -3.83. The number of primary amides is 1. The highest BCUT2D eigenvalue weighted by atomic mass is 35.5. The normalized spacial score (nSPS) is 13.7. The first-order valence-electron chi connectivity index (χ1n) is 40.9. The van der Waals surface area contributed by atoms with Gasteiger partial charge in [0.05, 0.1) is 78.0 Å². The van der Waals surface area contributed by atoms with Crippen molar-refractivity contribution in [1.29, 1.82) is 5.26 Å². The third-order valence-electron chi connectivity index (χ3n) is 21.9. The minimum atomic E-state index is -5.27. The maximum absolute atomic E-state index is 15.8. The summed E-state index contributed by atoms with van der Waals surface area (Å²) in [6, 6.07) is 41.4. The summed E-state index contributed by atoms with van der Waals surface area (Å²) in [7, 11) is 9.23. The summed E-state index contributed by atoms with van der Waals surface area (Å²) in [4.78, 5) is 128. The van der Waals surface area contributed by atoms with Crippen molar-refractivity contribution in [3.8, 4) is 34.2 Å². The smallest absolute Gasteiger partial charge is 0.460 e. The standard InChI is InChI=1S/C92H108ClF3N12O15/c1-57(2)83(102-81(109)37-41-118-43-45-120-46-44-119-42-38-82(110)123-91(5,6)7)85(112)101-78(28-19-39-99-89(98)116)84(111)100-65-31-29-62(63(47-65)53-103(8)90(117)121-56-77-72-26-17-15-24-70(72)71-25-16-18-27-73(71)77)55-108(11,12)40-20-23-67-48-60-21-13-14-22-61(60)54-106(67)86(113)74-36-30-64(93)49-76(74)80-51-75(58(3)105(80)10)87(114)107(79-50-68(52-97)104(9)59(79)4)66-32-34-69(35-33-66)122-88(115)92(94,95)96/h13-18,21-22,24-27,29-36,47,49-51,57,67,77-78,83H,19-20,23,28,37-46,48,53-56H2,1-12H3,(H5-,98,99,100,101,102,109,111,112,116)/p+1/t67-,78+,83+/m1/s1. The highest BCUT2D eigenvalue weighted by Gasteiger charge is 2.42. The number of anilines is 3. The number of nitrogens with two attached hydrogens (primary N) is 1. The van der Waals surface area contributed by atoms with Gasteiger partial charge in [-0.1, -0.05) is 104 Å². The second-order valence-corrected chi connectivity index (χ2v) is 33.3. The zero-order valence-electron chi connectivity index (χ0n) is 71.5. The SMILES string of the molecule is Cc1c(N(C(=O)c2cc(-c3cc(Cl)ccc3C(=O)N3Cc4ccccc4C[C@H]3CCC[N+](C)(C)Cc3ccc(NC(=O)[C@H](CCCNC(N)=O)NC(=O)[C@@H](NC(=O)CCOCCOCCOCCC(=O)OC(C)(C)C)C(C)C)cc3CN(C)C(=O)OCC3c4ccccc4-c4ccccc43)n(C)c2C)c2ccc(OC(=O)C(F)(F)F)cc2)cc(C#N)n1C. The first-order valence-corrected chi connectivity index (χ1v) is 41.3. The van der Waals surface area contributed by atoms with E-state index >= 15 is 9.59 Å². The van der Waals surface area contributed by atoms with E-state index in [0.29, 0.717) is 87.0 Å². The number of benzene rings is 6. The number of hydrogen-bond donors (Lipinski definition) is 5. The maximum atomic E-state index is 15.8. The molecule has 123 heavy (non-hydrogen) atoms. The molecule has 0 spiro atoms. The van der Waals surface area contributed by atoms with E-state index in [1.54, 1.807) is 115 Å². The highest BCUT2D eigenvalue weighted by molar-refractivity contribution is 6.31. The molecule has 0 fully saturated rings. The van der Waals surface area contributed by atoms with Gasteiger partial charge >= 0.3 is 30.2 Å². The number of ether oxygens (including phenoxy) is 6. The van der Waals surface area contributed by atoms with Crippen LogP contribution >= 0.6 is 11.6 Å². The average Bonchev–Trinajstić information content (AvgIpc) is 1.65. The fraction of sp³-hybridized carbons (Fsp3) is 0.413. The van der Waals surface area contributed by atoms with Gasteiger partial charge in [-0.2, -0.15) is 18.4 Å². The molecule has 8 aromatic rings. The Labute approximate surface area is 719 Å². The lowest BCUT2D eigenvalue weighted by atomic mass is 9.90. The van der Waals surface area contributed by atoms with Crippen LogP contribution in [0.5, 0.6) is 5.75 Å². The second-order valence-electron chi connectivity index (χ2n) is 32.8. The number of carbonyl (C=O) groups is 9. The molecule has 0 radical (unpaired) electrons. The van der Waals surface area contributed by atoms with E-state index in [9.17, 15) is 52.0 Å². The highest BCUT2D eigenvalue weighted by Crippen LogP contribution is 2.45. The van der Waals surface area contributed by atoms with Crippen LogP contribution < -0.4 is 36.6 Å². The lowest BCUT2D eigenvalue weighted by Crippen LogP contribution is -2.54. The van der Waals surface area contributed by atoms with Crippen LogP contribution in [0.4, 0.5) is 39.8 Å². The summed E-state index contributed by atoms with van der Waals surface area (Å²) in [5, 5.41) is 21.6. The Kier molecular flexibility index (Phi) is 31.7. The lowest BCUT2D eigenvalue weighted by Gasteiger charge is -2.38. The number of aromatic nitrogens is 2. The van der Waals surface area contributed by atoms with Crippen molar-refractivity contribution in [1.82, 2.24) is 34.9 Å². The van der Waals surface area contributed by atoms with Gasteiger partial charge < -0.3 is 78.8 Å². The fourth-order valence-electron chi connectivity index (χ4n) is 15.3. The van der Waals surface area contributed by atoms with E-state index in [4.69, 9.17) is 41.0 Å². The molecule has 31 heteroatoms. The van der Waals surface area contributed by atoms with Gasteiger partial charge in [0, 0.05) is 109 Å². The summed E-state index contributed by atoms with van der Waals surface area (Å²) < 4.78 is 76.2. The van der Waals surface area contributed by atoms with Crippen LogP contribution in [0.15, 0.2) is 146 Å². The third-order valence-corrected chi connectivity index (χ3v) is 22.1. The molecule has 1 aliphatic heterocycles. The van der Waals surface area contributed by atoms with Crippen molar-refractivity contribution in [2.75, 3.05) is 90.7 Å². The topological polar surface area (TPSA) is 327 Å². The van der Waals surface area contributed by atoms with Gasteiger partial charge in [-0.3, -0.25) is 33.7 Å².